The summed E-state index contributed by atoms with van der Waals surface area (Å²) in [4.78, 5) is 39.4. The predicted octanol–water partition coefficient (Wildman–Crippen LogP) is 7.74. The summed E-state index contributed by atoms with van der Waals surface area (Å²) >= 11 is 0. The molecular weight excluding hydrogens is 597 g/mol. The van der Waals surface area contributed by atoms with E-state index in [1.54, 1.807) is 17.0 Å². The van der Waals surface area contributed by atoms with E-state index in [0.717, 1.165) is 56.9 Å². The van der Waals surface area contributed by atoms with Crippen LogP contribution in [0.5, 0.6) is 5.75 Å². The lowest BCUT2D eigenvalue weighted by Crippen LogP contribution is -2.38. The first kappa shape index (κ1) is 36.3. The van der Waals surface area contributed by atoms with E-state index >= 15 is 0 Å². The van der Waals surface area contributed by atoms with E-state index in [9.17, 15) is 14.4 Å². The van der Waals surface area contributed by atoms with Crippen LogP contribution in [0.25, 0.3) is 0 Å². The van der Waals surface area contributed by atoms with E-state index in [1.807, 2.05) is 48.5 Å². The third-order valence-corrected chi connectivity index (χ3v) is 8.26. The Morgan fingerprint density at radius 3 is 2.18 bits per heavy atom. The Kier molecular flexibility index (Phi) is 17.3. The number of nitrogens with zero attached hydrogens (tertiary/aromatic N) is 1. The van der Waals surface area contributed by atoms with E-state index in [1.165, 1.54) is 0 Å². The van der Waals surface area contributed by atoms with Crippen molar-refractivity contribution in [2.75, 3.05) is 26.4 Å². The third kappa shape index (κ3) is 14.6. The standard InChI is InChI=1S/C34H48NO9P/c1-3-5-9-21-32(36)39-26-31(43-33(37)22-10-6-4-2)27-42-45(44-30-19-13-8-14-20-30)41-25-29-18-15-23-35(29)34(38)40-24-28-16-11-7-12-17-28/h7-8,11-14,16-17,19-20,29,31H,3-6,9-10,15,18,21-27H2,1-2H3/t29-,31-,45?/m1/s1. The molecule has 45 heavy (non-hydrogen) atoms. The maximum Gasteiger partial charge on any atom is 0.410 e. The summed E-state index contributed by atoms with van der Waals surface area (Å²) in [6.07, 6.45) is 6.26. The van der Waals surface area contributed by atoms with E-state index in [2.05, 4.69) is 13.8 Å². The summed E-state index contributed by atoms with van der Waals surface area (Å²) in [7, 11) is -1.95. The minimum Gasteiger partial charge on any atom is -0.462 e. The Bertz CT molecular complexity index is 1120. The molecule has 0 aromatic heterocycles. The molecule has 0 saturated carbocycles. The van der Waals surface area contributed by atoms with Crippen LogP contribution in [0.1, 0.15) is 83.6 Å². The van der Waals surface area contributed by atoms with E-state index < -0.39 is 20.8 Å². The summed E-state index contributed by atoms with van der Waals surface area (Å²) in [5.41, 5.74) is 0.915. The molecule has 0 radical (unpaired) electrons. The summed E-state index contributed by atoms with van der Waals surface area (Å²) < 4.78 is 34.8. The third-order valence-electron chi connectivity index (χ3n) is 7.18. The molecule has 1 aliphatic heterocycles. The van der Waals surface area contributed by atoms with Gasteiger partial charge in [-0.15, -0.1) is 0 Å². The highest BCUT2D eigenvalue weighted by Gasteiger charge is 2.32. The molecule has 248 valence electrons. The second kappa shape index (κ2) is 21.5. The van der Waals surface area contributed by atoms with Crippen LogP contribution in [0.15, 0.2) is 60.7 Å². The van der Waals surface area contributed by atoms with Gasteiger partial charge in [-0.1, -0.05) is 88.1 Å². The maximum absolute atomic E-state index is 12.9. The minimum absolute atomic E-state index is 0.0895. The number of ether oxygens (including phenoxy) is 3. The molecular formula is C34H48NO9P. The monoisotopic (exact) mass is 645 g/mol. The summed E-state index contributed by atoms with van der Waals surface area (Å²) in [6.45, 7) is 4.85. The van der Waals surface area contributed by atoms with Crippen molar-refractivity contribution < 1.29 is 42.2 Å². The summed E-state index contributed by atoms with van der Waals surface area (Å²) in [6, 6.07) is 18.4. The van der Waals surface area contributed by atoms with Gasteiger partial charge in [-0.3, -0.25) is 14.1 Å². The number of carbonyl (C=O) groups excluding carboxylic acids is 3. The first-order valence-corrected chi connectivity index (χ1v) is 17.2. The van der Waals surface area contributed by atoms with Crippen molar-refractivity contribution in [3.8, 4) is 5.75 Å². The number of hydrogen-bond acceptors (Lipinski definition) is 9. The summed E-state index contributed by atoms with van der Waals surface area (Å²) in [5, 5.41) is 0. The van der Waals surface area contributed by atoms with Gasteiger partial charge in [0.2, 0.25) is 0 Å². The average molecular weight is 646 g/mol. The van der Waals surface area contributed by atoms with Gasteiger partial charge in [0.1, 0.15) is 19.0 Å². The number of amides is 1. The highest BCUT2D eigenvalue weighted by molar-refractivity contribution is 7.42. The van der Waals surface area contributed by atoms with Crippen LogP contribution in [0, 0.1) is 0 Å². The molecule has 1 saturated heterocycles. The van der Waals surface area contributed by atoms with Gasteiger partial charge in [0.25, 0.3) is 0 Å². The molecule has 11 heteroatoms. The number of hydrogen-bond donors (Lipinski definition) is 0. The predicted molar refractivity (Wildman–Crippen MR) is 171 cm³/mol. The molecule has 2 aromatic rings. The quantitative estimate of drug-likeness (QED) is 0.0583. The van der Waals surface area contributed by atoms with E-state index in [0.29, 0.717) is 18.7 Å². The molecule has 10 nitrogen and oxygen atoms in total. The molecule has 0 aliphatic carbocycles. The number of rotatable bonds is 21. The van der Waals surface area contributed by atoms with Crippen molar-refractivity contribution in [3.63, 3.8) is 0 Å². The average Bonchev–Trinajstić information content (AvgIpc) is 3.53. The lowest BCUT2D eigenvalue weighted by Gasteiger charge is -2.26. The Morgan fingerprint density at radius 2 is 1.49 bits per heavy atom. The molecule has 1 amide bonds. The van der Waals surface area contributed by atoms with Crippen molar-refractivity contribution in [3.05, 3.63) is 66.2 Å². The number of esters is 2. The SMILES string of the molecule is CCCCCC(=O)OC[C@H](COP(OC[C@H]1CCCN1C(=O)OCc1ccccc1)Oc1ccccc1)OC(=O)CCCCC. The number of para-hydroxylation sites is 1. The van der Waals surface area contributed by atoms with Crippen molar-refractivity contribution in [1.29, 1.82) is 0 Å². The number of benzene rings is 2. The van der Waals surface area contributed by atoms with E-state index in [-0.39, 0.29) is 50.8 Å². The van der Waals surface area contributed by atoms with Gasteiger partial charge >= 0.3 is 26.6 Å². The number of carbonyl (C=O) groups is 3. The molecule has 0 spiro atoms. The van der Waals surface area contributed by atoms with Crippen LogP contribution in [0.2, 0.25) is 0 Å². The van der Waals surface area contributed by atoms with Crippen molar-refractivity contribution >= 4 is 26.6 Å². The molecule has 0 bridgehead atoms. The summed E-state index contributed by atoms with van der Waals surface area (Å²) in [5.74, 6) is -0.163. The Hall–Kier alpha value is -3.20. The Labute approximate surface area is 268 Å². The van der Waals surface area contributed by atoms with Crippen molar-refractivity contribution in [2.24, 2.45) is 0 Å². The van der Waals surface area contributed by atoms with Crippen LogP contribution in [0.3, 0.4) is 0 Å². The highest BCUT2D eigenvalue weighted by Crippen LogP contribution is 2.41. The fraction of sp³-hybridized carbons (Fsp3) is 0.559. The van der Waals surface area contributed by atoms with Gasteiger partial charge in [-0.2, -0.15) is 0 Å². The molecule has 3 atom stereocenters. The van der Waals surface area contributed by atoms with Gasteiger partial charge in [0.05, 0.1) is 19.3 Å². The second-order valence-corrected chi connectivity index (χ2v) is 12.1. The van der Waals surface area contributed by atoms with Crippen LogP contribution >= 0.6 is 8.60 Å². The van der Waals surface area contributed by atoms with E-state index in [4.69, 9.17) is 27.8 Å². The van der Waals surface area contributed by atoms with Gasteiger partial charge < -0.3 is 28.2 Å². The number of likely N-dealkylation sites (tertiary alicyclic amines) is 1. The van der Waals surface area contributed by atoms with Crippen molar-refractivity contribution in [2.45, 2.75) is 96.8 Å². The molecule has 3 rings (SSSR count). The molecule has 1 heterocycles. The first-order valence-electron chi connectivity index (χ1n) is 16.1. The Morgan fingerprint density at radius 1 is 0.822 bits per heavy atom. The van der Waals surface area contributed by atoms with Gasteiger partial charge in [0, 0.05) is 19.4 Å². The van der Waals surface area contributed by atoms with Crippen molar-refractivity contribution in [1.82, 2.24) is 4.90 Å². The zero-order chi connectivity index (χ0) is 32.1. The molecule has 1 unspecified atom stereocenters. The molecule has 0 N–H and O–H groups in total. The minimum atomic E-state index is -1.95. The fourth-order valence-electron chi connectivity index (χ4n) is 4.66. The largest absolute Gasteiger partial charge is 0.462 e. The molecule has 2 aromatic carbocycles. The fourth-order valence-corrected chi connectivity index (χ4v) is 5.71. The smallest absolute Gasteiger partial charge is 0.410 e. The van der Waals surface area contributed by atoms with Crippen LogP contribution < -0.4 is 4.52 Å². The molecule has 1 aliphatic rings. The zero-order valence-electron chi connectivity index (χ0n) is 26.6. The lowest BCUT2D eigenvalue weighted by atomic mass is 10.2. The molecule has 1 fully saturated rings. The van der Waals surface area contributed by atoms with Crippen LogP contribution in [-0.4, -0.2) is 61.4 Å². The first-order chi connectivity index (χ1) is 22.0. The maximum atomic E-state index is 12.9. The topological polar surface area (TPSA) is 110 Å². The second-order valence-electron chi connectivity index (χ2n) is 11.0. The van der Waals surface area contributed by atoms with Crippen LogP contribution in [0.4, 0.5) is 4.79 Å². The highest BCUT2D eigenvalue weighted by atomic mass is 31.2. The van der Waals surface area contributed by atoms with Crippen LogP contribution in [-0.2, 0) is 39.5 Å². The van der Waals surface area contributed by atoms with Gasteiger partial charge in [-0.25, -0.2) is 4.79 Å². The normalized spacial score (nSPS) is 15.7. The zero-order valence-corrected chi connectivity index (χ0v) is 27.5. The van der Waals surface area contributed by atoms with Gasteiger partial charge in [0.15, 0.2) is 6.10 Å². The Balaban J connectivity index is 1.59. The van der Waals surface area contributed by atoms with Gasteiger partial charge in [-0.05, 0) is 43.4 Å². The number of unbranched alkanes of at least 4 members (excludes halogenated alkanes) is 4. The lowest BCUT2D eigenvalue weighted by molar-refractivity contribution is -0.161.